The zero-order valence-electron chi connectivity index (χ0n) is 12.1. The highest BCUT2D eigenvalue weighted by molar-refractivity contribution is 7.92. The Kier molecular flexibility index (Phi) is 5.65. The van der Waals surface area contributed by atoms with E-state index < -0.39 is 34.1 Å². The molecule has 1 aromatic carbocycles. The maximum atomic E-state index is 13.7. The summed E-state index contributed by atoms with van der Waals surface area (Å²) in [6.45, 7) is 3.58. The van der Waals surface area contributed by atoms with E-state index in [0.717, 1.165) is 18.4 Å². The van der Waals surface area contributed by atoms with Gasteiger partial charge in [-0.2, -0.15) is 0 Å². The SMILES string of the molecule is CC(C)CNC(=O)CN(c1ccc(F)cc1F)S(C)(=O)=O. The molecule has 1 amide bonds. The first kappa shape index (κ1) is 17.4. The molecule has 5 nitrogen and oxygen atoms in total. The fraction of sp³-hybridized carbons (Fsp3) is 0.462. The molecule has 0 saturated heterocycles. The van der Waals surface area contributed by atoms with Crippen LogP contribution >= 0.6 is 0 Å². The van der Waals surface area contributed by atoms with E-state index in [1.807, 2.05) is 13.8 Å². The summed E-state index contributed by atoms with van der Waals surface area (Å²) in [4.78, 5) is 11.7. The van der Waals surface area contributed by atoms with Gasteiger partial charge in [-0.15, -0.1) is 0 Å². The molecular formula is C13H18F2N2O3S. The zero-order chi connectivity index (χ0) is 16.2. The van der Waals surface area contributed by atoms with E-state index in [1.165, 1.54) is 0 Å². The van der Waals surface area contributed by atoms with Gasteiger partial charge in [0.1, 0.15) is 18.2 Å². The topological polar surface area (TPSA) is 66.5 Å². The largest absolute Gasteiger partial charge is 0.354 e. The standard InChI is InChI=1S/C13H18F2N2O3S/c1-9(2)7-16-13(18)8-17(21(3,19)20)12-5-4-10(14)6-11(12)15/h4-6,9H,7-8H2,1-3H3,(H,16,18). The number of hydrogen-bond donors (Lipinski definition) is 1. The first-order valence-electron chi connectivity index (χ1n) is 6.30. The molecule has 8 heteroatoms. The van der Waals surface area contributed by atoms with Crippen molar-refractivity contribution in [2.45, 2.75) is 13.8 Å². The summed E-state index contributed by atoms with van der Waals surface area (Å²) in [5.41, 5.74) is -0.362. The molecule has 0 aliphatic heterocycles. The molecule has 0 radical (unpaired) electrons. The molecule has 21 heavy (non-hydrogen) atoms. The molecule has 0 atom stereocenters. The molecule has 0 spiro atoms. The first-order valence-corrected chi connectivity index (χ1v) is 8.15. The fourth-order valence-electron chi connectivity index (χ4n) is 1.57. The van der Waals surface area contributed by atoms with Crippen LogP contribution in [-0.2, 0) is 14.8 Å². The number of amides is 1. The molecular weight excluding hydrogens is 302 g/mol. The monoisotopic (exact) mass is 320 g/mol. The van der Waals surface area contributed by atoms with Crippen molar-refractivity contribution in [2.24, 2.45) is 5.92 Å². The van der Waals surface area contributed by atoms with Crippen molar-refractivity contribution in [1.29, 1.82) is 0 Å². The molecule has 0 heterocycles. The number of benzene rings is 1. The van der Waals surface area contributed by atoms with E-state index >= 15 is 0 Å². The Morgan fingerprint density at radius 2 is 1.95 bits per heavy atom. The molecule has 0 aliphatic carbocycles. The van der Waals surface area contributed by atoms with Gasteiger partial charge >= 0.3 is 0 Å². The maximum Gasteiger partial charge on any atom is 0.240 e. The first-order chi connectivity index (χ1) is 9.61. The second-order valence-electron chi connectivity index (χ2n) is 5.06. The Morgan fingerprint density at radius 1 is 1.33 bits per heavy atom. The third-order valence-corrected chi connectivity index (χ3v) is 3.70. The van der Waals surface area contributed by atoms with Gasteiger partial charge in [0.05, 0.1) is 11.9 Å². The van der Waals surface area contributed by atoms with Crippen LogP contribution in [0.15, 0.2) is 18.2 Å². The Bertz CT molecular complexity index is 618. The van der Waals surface area contributed by atoms with Crippen LogP contribution in [0.2, 0.25) is 0 Å². The highest BCUT2D eigenvalue weighted by atomic mass is 32.2. The number of nitrogens with zero attached hydrogens (tertiary/aromatic N) is 1. The number of hydrogen-bond acceptors (Lipinski definition) is 3. The van der Waals surface area contributed by atoms with Gasteiger partial charge in [0, 0.05) is 12.6 Å². The molecule has 0 saturated carbocycles. The number of sulfonamides is 1. The molecule has 0 unspecified atom stereocenters. The summed E-state index contributed by atoms with van der Waals surface area (Å²) in [7, 11) is -3.88. The van der Waals surface area contributed by atoms with Gasteiger partial charge in [0.25, 0.3) is 0 Å². The van der Waals surface area contributed by atoms with Crippen molar-refractivity contribution in [3.05, 3.63) is 29.8 Å². The lowest BCUT2D eigenvalue weighted by atomic mass is 10.2. The summed E-state index contributed by atoms with van der Waals surface area (Å²) < 4.78 is 50.7. The van der Waals surface area contributed by atoms with E-state index in [9.17, 15) is 22.0 Å². The van der Waals surface area contributed by atoms with Crippen molar-refractivity contribution in [1.82, 2.24) is 5.32 Å². The molecule has 0 aromatic heterocycles. The van der Waals surface area contributed by atoms with Crippen molar-refractivity contribution in [3.8, 4) is 0 Å². The van der Waals surface area contributed by atoms with Crippen LogP contribution in [0.4, 0.5) is 14.5 Å². The summed E-state index contributed by atoms with van der Waals surface area (Å²) in [5, 5.41) is 2.54. The molecule has 1 aromatic rings. The Balaban J connectivity index is 3.00. The number of carbonyl (C=O) groups is 1. The Labute approximate surface area is 123 Å². The van der Waals surface area contributed by atoms with Crippen LogP contribution < -0.4 is 9.62 Å². The van der Waals surface area contributed by atoms with Crippen LogP contribution in [0.5, 0.6) is 0 Å². The van der Waals surface area contributed by atoms with Crippen LogP contribution in [0.25, 0.3) is 0 Å². The number of halogens is 2. The van der Waals surface area contributed by atoms with Gasteiger partial charge in [-0.05, 0) is 18.1 Å². The molecule has 0 aliphatic rings. The molecule has 1 rings (SSSR count). The lowest BCUT2D eigenvalue weighted by molar-refractivity contribution is -0.119. The zero-order valence-corrected chi connectivity index (χ0v) is 12.9. The predicted molar refractivity (Wildman–Crippen MR) is 76.4 cm³/mol. The molecule has 0 bridgehead atoms. The van der Waals surface area contributed by atoms with Gasteiger partial charge in [0.15, 0.2) is 0 Å². The smallest absolute Gasteiger partial charge is 0.240 e. The van der Waals surface area contributed by atoms with E-state index in [0.29, 0.717) is 16.9 Å². The van der Waals surface area contributed by atoms with Gasteiger partial charge in [0.2, 0.25) is 15.9 Å². The van der Waals surface area contributed by atoms with E-state index in [1.54, 1.807) is 0 Å². The van der Waals surface area contributed by atoms with E-state index in [2.05, 4.69) is 5.32 Å². The minimum atomic E-state index is -3.88. The van der Waals surface area contributed by atoms with Gasteiger partial charge in [-0.3, -0.25) is 9.10 Å². The van der Waals surface area contributed by atoms with Crippen molar-refractivity contribution in [3.63, 3.8) is 0 Å². The third-order valence-electron chi connectivity index (χ3n) is 2.57. The minimum Gasteiger partial charge on any atom is -0.354 e. The lowest BCUT2D eigenvalue weighted by Crippen LogP contribution is -2.41. The number of carbonyl (C=O) groups excluding carboxylic acids is 1. The van der Waals surface area contributed by atoms with Crippen molar-refractivity contribution >= 4 is 21.6 Å². The number of rotatable bonds is 6. The summed E-state index contributed by atoms with van der Waals surface area (Å²) in [5.74, 6) is -2.23. The van der Waals surface area contributed by atoms with Crippen molar-refractivity contribution < 1.29 is 22.0 Å². The predicted octanol–water partition coefficient (Wildman–Crippen LogP) is 1.50. The summed E-state index contributed by atoms with van der Waals surface area (Å²) in [6.07, 6.45) is 0.853. The van der Waals surface area contributed by atoms with Gasteiger partial charge in [-0.25, -0.2) is 17.2 Å². The highest BCUT2D eigenvalue weighted by Crippen LogP contribution is 2.22. The van der Waals surface area contributed by atoms with E-state index in [-0.39, 0.29) is 11.6 Å². The summed E-state index contributed by atoms with van der Waals surface area (Å²) >= 11 is 0. The minimum absolute atomic E-state index is 0.197. The second kappa shape index (κ2) is 6.84. The van der Waals surface area contributed by atoms with Crippen LogP contribution in [0.3, 0.4) is 0 Å². The third kappa shape index (κ3) is 5.30. The second-order valence-corrected chi connectivity index (χ2v) is 6.97. The average molecular weight is 320 g/mol. The normalized spacial score (nSPS) is 11.5. The van der Waals surface area contributed by atoms with Crippen LogP contribution in [-0.4, -0.2) is 33.7 Å². The Hall–Kier alpha value is -1.70. The maximum absolute atomic E-state index is 13.7. The fourth-order valence-corrected chi connectivity index (χ4v) is 2.43. The summed E-state index contributed by atoms with van der Waals surface area (Å²) in [6, 6.07) is 2.49. The molecule has 0 fully saturated rings. The van der Waals surface area contributed by atoms with Gasteiger partial charge < -0.3 is 5.32 Å². The quantitative estimate of drug-likeness (QED) is 0.864. The van der Waals surface area contributed by atoms with Crippen molar-refractivity contribution in [2.75, 3.05) is 23.7 Å². The number of anilines is 1. The average Bonchev–Trinajstić information content (AvgIpc) is 2.33. The number of nitrogens with one attached hydrogen (secondary N) is 1. The highest BCUT2D eigenvalue weighted by Gasteiger charge is 2.23. The van der Waals surface area contributed by atoms with Crippen LogP contribution in [0.1, 0.15) is 13.8 Å². The van der Waals surface area contributed by atoms with Gasteiger partial charge in [-0.1, -0.05) is 13.8 Å². The Morgan fingerprint density at radius 3 is 2.43 bits per heavy atom. The van der Waals surface area contributed by atoms with Crippen LogP contribution in [0, 0.1) is 17.6 Å². The van der Waals surface area contributed by atoms with E-state index in [4.69, 9.17) is 0 Å². The molecule has 1 N–H and O–H groups in total. The molecule has 118 valence electrons. The lowest BCUT2D eigenvalue weighted by Gasteiger charge is -2.22.